The van der Waals surface area contributed by atoms with Gasteiger partial charge in [0.05, 0.1) is 11.3 Å². The van der Waals surface area contributed by atoms with Crippen molar-refractivity contribution in [3.05, 3.63) is 101 Å². The molecular formula is C37H33F5O7S. The highest BCUT2D eigenvalue weighted by Crippen LogP contribution is 2.64. The van der Waals surface area contributed by atoms with E-state index in [9.17, 15) is 40.0 Å². The average Bonchev–Trinajstić information content (AvgIpc) is 3.05. The maximum atomic E-state index is 14.7. The van der Waals surface area contributed by atoms with Crippen LogP contribution in [0.3, 0.4) is 0 Å². The Bertz CT molecular complexity index is 1910. The number of hydrogen-bond acceptors (Lipinski definition) is 6. The molecule has 4 saturated carbocycles. The molecular weight excluding hydrogens is 683 g/mol. The molecule has 0 radical (unpaired) electrons. The van der Waals surface area contributed by atoms with E-state index in [1.807, 2.05) is 12.1 Å². The molecule has 1 N–H and O–H groups in total. The molecule has 13 heteroatoms. The number of rotatable bonds is 7. The van der Waals surface area contributed by atoms with Crippen LogP contribution < -0.4 is 4.74 Å². The zero-order valence-corrected chi connectivity index (χ0v) is 27.3. The predicted molar refractivity (Wildman–Crippen MR) is 168 cm³/mol. The number of carbonyl (C=O) groups excluding carboxylic acids is 2. The van der Waals surface area contributed by atoms with E-state index >= 15 is 0 Å². The topological polar surface area (TPSA) is 107 Å². The van der Waals surface area contributed by atoms with Crippen molar-refractivity contribution in [1.82, 2.24) is 0 Å². The van der Waals surface area contributed by atoms with E-state index in [1.54, 1.807) is 60.7 Å². The molecule has 0 amide bonds. The van der Waals surface area contributed by atoms with Gasteiger partial charge in [0.25, 0.3) is 6.10 Å². The van der Waals surface area contributed by atoms with Crippen LogP contribution in [0.2, 0.25) is 0 Å². The average molecular weight is 717 g/mol. The summed E-state index contributed by atoms with van der Waals surface area (Å²) in [5.74, 6) is -5.09. The molecule has 7 aliphatic carbocycles. The molecule has 50 heavy (non-hydrogen) atoms. The monoisotopic (exact) mass is 716 g/mol. The first-order valence-corrected chi connectivity index (χ1v) is 18.1. The van der Waals surface area contributed by atoms with Gasteiger partial charge in [-0.1, -0.05) is 66.7 Å². The van der Waals surface area contributed by atoms with E-state index in [0.717, 1.165) is 30.4 Å². The number of hydrogen-bond donors (Lipinski definition) is 1. The summed E-state index contributed by atoms with van der Waals surface area (Å²) < 4.78 is 114. The Kier molecular flexibility index (Phi) is 7.55. The van der Waals surface area contributed by atoms with E-state index in [-0.39, 0.29) is 5.75 Å². The lowest BCUT2D eigenvalue weighted by atomic mass is 9.49. The zero-order chi connectivity index (χ0) is 35.4. The molecule has 264 valence electrons. The number of ether oxygens (including phenoxy) is 2. The van der Waals surface area contributed by atoms with Gasteiger partial charge in [0.2, 0.25) is 0 Å². The Morgan fingerprint density at radius 2 is 1.16 bits per heavy atom. The number of halogens is 5. The Labute approximate surface area is 284 Å². The van der Waals surface area contributed by atoms with E-state index in [0.29, 0.717) is 53.7 Å². The molecule has 6 bridgehead atoms. The highest BCUT2D eigenvalue weighted by molar-refractivity contribution is 7.86. The number of alkyl halides is 5. The second-order valence-electron chi connectivity index (χ2n) is 14.8. The first-order chi connectivity index (χ1) is 23.6. The van der Waals surface area contributed by atoms with Crippen molar-refractivity contribution in [2.75, 3.05) is 0 Å². The first-order valence-electron chi connectivity index (χ1n) is 16.7. The summed E-state index contributed by atoms with van der Waals surface area (Å²) in [5.41, 5.74) is 2.29. The Morgan fingerprint density at radius 3 is 1.62 bits per heavy atom. The highest BCUT2D eigenvalue weighted by Gasteiger charge is 2.67. The summed E-state index contributed by atoms with van der Waals surface area (Å²) >= 11 is 0. The molecule has 3 unspecified atom stereocenters. The lowest BCUT2D eigenvalue weighted by Gasteiger charge is -2.55. The van der Waals surface area contributed by atoms with Crippen LogP contribution in [0.1, 0.15) is 84.1 Å². The van der Waals surface area contributed by atoms with Crippen LogP contribution in [-0.2, 0) is 24.4 Å². The van der Waals surface area contributed by atoms with Crippen molar-refractivity contribution in [2.45, 2.75) is 73.8 Å². The number of carbonyl (C=O) groups is 2. The van der Waals surface area contributed by atoms with Crippen molar-refractivity contribution in [3.8, 4) is 5.75 Å². The standard InChI is InChI=1S/C37H33F5O7S/c38-36(39,40)33(37(41,42)50(45,46)47)49-32(43)31-29-24-9-3-1-7-22(24)28(23-8-2-4-10-25(23)29)30(31)26-11-5-6-12-27(26)48-34(44)35-16-19-13-20(17-35)15-21(14-19)18-35/h1-12,19-21,28-31,33H,13-18H2,(H,45,46,47). The molecule has 3 aromatic rings. The maximum Gasteiger partial charge on any atom is 0.432 e. The largest absolute Gasteiger partial charge is 0.444 e. The van der Waals surface area contributed by atoms with E-state index in [1.165, 1.54) is 0 Å². The minimum Gasteiger partial charge on any atom is -0.444 e. The summed E-state index contributed by atoms with van der Waals surface area (Å²) in [6, 6.07) is 20.4. The summed E-state index contributed by atoms with van der Waals surface area (Å²) in [7, 11) is -6.66. The van der Waals surface area contributed by atoms with Gasteiger partial charge in [0.15, 0.2) is 0 Å². The molecule has 4 fully saturated rings. The lowest BCUT2D eigenvalue weighted by Crippen LogP contribution is -2.54. The van der Waals surface area contributed by atoms with Gasteiger partial charge >= 0.3 is 33.5 Å². The van der Waals surface area contributed by atoms with Crippen molar-refractivity contribution in [1.29, 1.82) is 0 Å². The van der Waals surface area contributed by atoms with Gasteiger partial charge in [-0.3, -0.25) is 14.1 Å². The fourth-order valence-electron chi connectivity index (χ4n) is 10.4. The van der Waals surface area contributed by atoms with Crippen LogP contribution >= 0.6 is 0 Å². The molecule has 7 aliphatic rings. The SMILES string of the molecule is O=C(OC(C(F)(F)F)C(F)(F)S(=O)(=O)O)C1C2c3ccccc3C(c3ccccc32)C1c1ccccc1OC(=O)C12CC3CC(CC(C3)C1)C2. The predicted octanol–water partition coefficient (Wildman–Crippen LogP) is 7.75. The summed E-state index contributed by atoms with van der Waals surface area (Å²) in [5, 5.41) is -5.90. The van der Waals surface area contributed by atoms with Crippen LogP contribution in [0.4, 0.5) is 22.0 Å². The molecule has 7 nitrogen and oxygen atoms in total. The van der Waals surface area contributed by atoms with E-state index in [4.69, 9.17) is 9.29 Å². The Balaban J connectivity index is 1.24. The van der Waals surface area contributed by atoms with Crippen LogP contribution in [0.25, 0.3) is 0 Å². The van der Waals surface area contributed by atoms with Gasteiger partial charge in [0.1, 0.15) is 5.75 Å². The number of para-hydroxylation sites is 1. The van der Waals surface area contributed by atoms with Crippen molar-refractivity contribution in [3.63, 3.8) is 0 Å². The fraction of sp³-hybridized carbons (Fsp3) is 0.459. The van der Waals surface area contributed by atoms with Crippen molar-refractivity contribution < 1.29 is 54.0 Å². The third-order valence-corrected chi connectivity index (χ3v) is 12.7. The van der Waals surface area contributed by atoms with Gasteiger partial charge in [0, 0.05) is 17.8 Å². The van der Waals surface area contributed by atoms with Crippen molar-refractivity contribution in [2.24, 2.45) is 29.1 Å². The lowest BCUT2D eigenvalue weighted by molar-refractivity contribution is -0.261. The quantitative estimate of drug-likeness (QED) is 0.115. The first kappa shape index (κ1) is 33.3. The fourth-order valence-corrected chi connectivity index (χ4v) is 10.9. The third kappa shape index (κ3) is 5.09. The smallest absolute Gasteiger partial charge is 0.432 e. The zero-order valence-electron chi connectivity index (χ0n) is 26.5. The maximum absolute atomic E-state index is 14.7. The minimum absolute atomic E-state index is 0.106. The molecule has 0 aliphatic heterocycles. The molecule has 0 saturated heterocycles. The van der Waals surface area contributed by atoms with Gasteiger partial charge < -0.3 is 9.47 Å². The van der Waals surface area contributed by atoms with Gasteiger partial charge in [-0.15, -0.1) is 0 Å². The van der Waals surface area contributed by atoms with Crippen molar-refractivity contribution >= 4 is 22.1 Å². The third-order valence-electron chi connectivity index (χ3n) is 11.8. The van der Waals surface area contributed by atoms with Crippen LogP contribution in [0, 0.1) is 29.1 Å². The highest BCUT2D eigenvalue weighted by atomic mass is 32.2. The molecule has 0 aromatic heterocycles. The van der Waals surface area contributed by atoms with Crippen LogP contribution in [-0.4, -0.2) is 42.4 Å². The van der Waals surface area contributed by atoms with E-state index in [2.05, 4.69) is 4.74 Å². The molecule has 0 heterocycles. The Morgan fingerprint density at radius 1 is 0.720 bits per heavy atom. The van der Waals surface area contributed by atoms with Gasteiger partial charge in [-0.05, 0) is 90.2 Å². The van der Waals surface area contributed by atoms with Crippen LogP contribution in [0.5, 0.6) is 5.75 Å². The van der Waals surface area contributed by atoms with Crippen LogP contribution in [0.15, 0.2) is 72.8 Å². The summed E-state index contributed by atoms with van der Waals surface area (Å²) in [6.45, 7) is 0. The summed E-state index contributed by atoms with van der Waals surface area (Å²) in [6.07, 6.45) is -5.15. The Hall–Kier alpha value is -3.84. The summed E-state index contributed by atoms with van der Waals surface area (Å²) in [4.78, 5) is 28.3. The van der Waals surface area contributed by atoms with E-state index < -0.39 is 68.7 Å². The molecule has 3 aromatic carbocycles. The second kappa shape index (κ2) is 11.3. The molecule has 10 rings (SSSR count). The number of esters is 2. The van der Waals surface area contributed by atoms with Gasteiger partial charge in [-0.2, -0.15) is 30.4 Å². The molecule has 3 atom stereocenters. The normalized spacial score (nSPS) is 31.4. The van der Waals surface area contributed by atoms with Gasteiger partial charge in [-0.25, -0.2) is 0 Å². The number of benzene rings is 3. The second-order valence-corrected chi connectivity index (χ2v) is 16.3. The number of fused-ring (bicyclic) bond motifs is 1. The molecule has 0 spiro atoms. The minimum atomic E-state index is -6.66.